The molecule has 0 spiro atoms. The summed E-state index contributed by atoms with van der Waals surface area (Å²) in [5, 5.41) is 0.368. The number of nitrogens with zero attached hydrogens (tertiary/aromatic N) is 1. The van der Waals surface area contributed by atoms with E-state index in [1.807, 2.05) is 0 Å². The maximum absolute atomic E-state index is 13.3. The Kier molecular flexibility index (Phi) is 4.14. The van der Waals surface area contributed by atoms with Crippen molar-refractivity contribution in [1.82, 2.24) is 4.98 Å². The molecule has 6 heteroatoms. The number of aromatic nitrogens is 1. The van der Waals surface area contributed by atoms with Crippen molar-refractivity contribution in [2.24, 2.45) is 0 Å². The molecular formula is C12H7BrClF2NO. The zero-order chi connectivity index (χ0) is 13.1. The number of hydrogen-bond donors (Lipinski definition) is 0. The molecule has 0 bridgehead atoms. The summed E-state index contributed by atoms with van der Waals surface area (Å²) in [6.07, 6.45) is 2.44. The van der Waals surface area contributed by atoms with E-state index >= 15 is 0 Å². The zero-order valence-corrected chi connectivity index (χ0v) is 11.3. The van der Waals surface area contributed by atoms with E-state index in [4.69, 9.17) is 16.3 Å². The Hall–Kier alpha value is -1.20. The maximum atomic E-state index is 13.3. The Morgan fingerprint density at radius 1 is 1.22 bits per heavy atom. The van der Waals surface area contributed by atoms with Crippen LogP contribution in [0.15, 0.2) is 35.1 Å². The van der Waals surface area contributed by atoms with Crippen LogP contribution in [0.25, 0.3) is 0 Å². The minimum absolute atomic E-state index is 0.0359. The van der Waals surface area contributed by atoms with Gasteiger partial charge in [0.1, 0.15) is 24.0 Å². The van der Waals surface area contributed by atoms with E-state index in [0.29, 0.717) is 10.6 Å². The van der Waals surface area contributed by atoms with Crippen LogP contribution in [0.3, 0.4) is 0 Å². The molecule has 0 fully saturated rings. The highest BCUT2D eigenvalue weighted by atomic mass is 79.9. The SMILES string of the molecule is Fc1cncc(OCc2cc(F)c(Br)cc2Cl)c1. The molecular weight excluding hydrogens is 327 g/mol. The van der Waals surface area contributed by atoms with Crippen LogP contribution < -0.4 is 4.74 Å². The molecule has 0 saturated carbocycles. The number of rotatable bonds is 3. The quantitative estimate of drug-likeness (QED) is 0.778. The van der Waals surface area contributed by atoms with Crippen molar-refractivity contribution in [3.8, 4) is 5.75 Å². The summed E-state index contributed by atoms with van der Waals surface area (Å²) in [6.45, 7) is 0.0359. The van der Waals surface area contributed by atoms with Crippen molar-refractivity contribution in [3.63, 3.8) is 0 Å². The molecule has 2 nitrogen and oxygen atoms in total. The first-order valence-corrected chi connectivity index (χ1v) is 6.10. The van der Waals surface area contributed by atoms with Gasteiger partial charge >= 0.3 is 0 Å². The van der Waals surface area contributed by atoms with E-state index in [1.165, 1.54) is 24.4 Å². The third-order valence-corrected chi connectivity index (χ3v) is 3.12. The molecule has 1 aromatic carbocycles. The Morgan fingerprint density at radius 2 is 2.00 bits per heavy atom. The lowest BCUT2D eigenvalue weighted by Gasteiger charge is -2.08. The second-order valence-electron chi connectivity index (χ2n) is 3.49. The second-order valence-corrected chi connectivity index (χ2v) is 4.75. The number of halogens is 4. The van der Waals surface area contributed by atoms with Gasteiger partial charge in [0.25, 0.3) is 0 Å². The lowest BCUT2D eigenvalue weighted by Crippen LogP contribution is -1.98. The summed E-state index contributed by atoms with van der Waals surface area (Å²) < 4.78 is 31.7. The van der Waals surface area contributed by atoms with Crippen LogP contribution in [-0.2, 0) is 6.61 Å². The second kappa shape index (κ2) is 5.63. The molecule has 2 rings (SSSR count). The average molecular weight is 335 g/mol. The molecule has 0 amide bonds. The van der Waals surface area contributed by atoms with Crippen LogP contribution in [-0.4, -0.2) is 4.98 Å². The Bertz CT molecular complexity index is 580. The Morgan fingerprint density at radius 3 is 2.72 bits per heavy atom. The van der Waals surface area contributed by atoms with Gasteiger partial charge in [-0.1, -0.05) is 11.6 Å². The van der Waals surface area contributed by atoms with Crippen LogP contribution >= 0.6 is 27.5 Å². The fraction of sp³-hybridized carbons (Fsp3) is 0.0833. The topological polar surface area (TPSA) is 22.1 Å². The van der Waals surface area contributed by atoms with E-state index in [1.54, 1.807) is 0 Å². The van der Waals surface area contributed by atoms with Gasteiger partial charge in [-0.15, -0.1) is 0 Å². The highest BCUT2D eigenvalue weighted by Gasteiger charge is 2.08. The summed E-state index contributed by atoms with van der Waals surface area (Å²) >= 11 is 8.96. The standard InChI is InChI=1S/C12H7BrClF2NO/c13-10-3-11(14)7(1-12(10)16)6-18-9-2-8(15)4-17-5-9/h1-5H,6H2. The lowest BCUT2D eigenvalue weighted by atomic mass is 10.2. The fourth-order valence-corrected chi connectivity index (χ4v) is 2.00. The van der Waals surface area contributed by atoms with Crippen LogP contribution in [0, 0.1) is 11.6 Å². The third-order valence-electron chi connectivity index (χ3n) is 2.16. The van der Waals surface area contributed by atoms with Crippen LogP contribution in [0.5, 0.6) is 5.75 Å². The number of pyridine rings is 1. The first-order chi connectivity index (χ1) is 8.56. The molecule has 1 heterocycles. The van der Waals surface area contributed by atoms with Gasteiger partial charge in [-0.3, -0.25) is 4.98 Å². The number of ether oxygens (including phenoxy) is 1. The lowest BCUT2D eigenvalue weighted by molar-refractivity contribution is 0.302. The van der Waals surface area contributed by atoms with Gasteiger partial charge in [-0.05, 0) is 28.1 Å². The third kappa shape index (κ3) is 3.17. The number of hydrogen-bond acceptors (Lipinski definition) is 2. The first kappa shape index (κ1) is 13.2. The molecule has 2 aromatic rings. The smallest absolute Gasteiger partial charge is 0.145 e. The first-order valence-electron chi connectivity index (χ1n) is 4.93. The van der Waals surface area contributed by atoms with Crippen molar-refractivity contribution in [2.45, 2.75) is 6.61 Å². The normalized spacial score (nSPS) is 10.4. The van der Waals surface area contributed by atoms with Crippen molar-refractivity contribution < 1.29 is 13.5 Å². The molecule has 1 aromatic heterocycles. The zero-order valence-electron chi connectivity index (χ0n) is 8.96. The minimum Gasteiger partial charge on any atom is -0.487 e. The molecule has 0 radical (unpaired) electrons. The van der Waals surface area contributed by atoms with Gasteiger partial charge in [0.15, 0.2) is 0 Å². The Labute approximate surface area is 116 Å². The summed E-state index contributed by atoms with van der Waals surface area (Å²) in [5.74, 6) is -0.676. The molecule has 94 valence electrons. The van der Waals surface area contributed by atoms with E-state index < -0.39 is 11.6 Å². The predicted molar refractivity (Wildman–Crippen MR) is 67.6 cm³/mol. The van der Waals surface area contributed by atoms with E-state index in [9.17, 15) is 8.78 Å². The van der Waals surface area contributed by atoms with Gasteiger partial charge < -0.3 is 4.74 Å². The van der Waals surface area contributed by atoms with Gasteiger partial charge in [0.2, 0.25) is 0 Å². The van der Waals surface area contributed by atoms with E-state index in [0.717, 1.165) is 6.20 Å². The predicted octanol–water partition coefficient (Wildman–Crippen LogP) is 4.35. The van der Waals surface area contributed by atoms with Crippen molar-refractivity contribution in [2.75, 3.05) is 0 Å². The molecule has 0 unspecified atom stereocenters. The largest absolute Gasteiger partial charge is 0.487 e. The van der Waals surface area contributed by atoms with Crippen molar-refractivity contribution in [1.29, 1.82) is 0 Å². The van der Waals surface area contributed by atoms with Crippen molar-refractivity contribution >= 4 is 27.5 Å². The summed E-state index contributed by atoms with van der Waals surface area (Å²) in [5.41, 5.74) is 0.474. The minimum atomic E-state index is -0.499. The van der Waals surface area contributed by atoms with Gasteiger partial charge in [0.05, 0.1) is 16.9 Å². The molecule has 0 aliphatic heterocycles. The molecule has 0 aliphatic carbocycles. The summed E-state index contributed by atoms with van der Waals surface area (Å²) in [7, 11) is 0. The molecule has 0 atom stereocenters. The molecule has 0 saturated heterocycles. The highest BCUT2D eigenvalue weighted by molar-refractivity contribution is 9.10. The highest BCUT2D eigenvalue weighted by Crippen LogP contribution is 2.25. The van der Waals surface area contributed by atoms with E-state index in [-0.39, 0.29) is 16.8 Å². The van der Waals surface area contributed by atoms with Gasteiger partial charge in [-0.2, -0.15) is 0 Å². The van der Waals surface area contributed by atoms with Gasteiger partial charge in [0, 0.05) is 16.7 Å². The molecule has 0 aliphatic rings. The Balaban J connectivity index is 2.13. The maximum Gasteiger partial charge on any atom is 0.145 e. The van der Waals surface area contributed by atoms with E-state index in [2.05, 4.69) is 20.9 Å². The summed E-state index contributed by atoms with van der Waals surface area (Å²) in [6, 6.07) is 3.90. The number of benzene rings is 1. The summed E-state index contributed by atoms with van der Waals surface area (Å²) in [4.78, 5) is 3.64. The van der Waals surface area contributed by atoms with Crippen molar-refractivity contribution in [3.05, 3.63) is 57.3 Å². The average Bonchev–Trinajstić information content (AvgIpc) is 2.32. The molecule has 18 heavy (non-hydrogen) atoms. The fourth-order valence-electron chi connectivity index (χ4n) is 1.31. The molecule has 0 N–H and O–H groups in total. The van der Waals surface area contributed by atoms with Crippen LogP contribution in [0.2, 0.25) is 5.02 Å². The van der Waals surface area contributed by atoms with Crippen LogP contribution in [0.1, 0.15) is 5.56 Å². The van der Waals surface area contributed by atoms with Crippen LogP contribution in [0.4, 0.5) is 8.78 Å². The monoisotopic (exact) mass is 333 g/mol. The van der Waals surface area contributed by atoms with Gasteiger partial charge in [-0.25, -0.2) is 8.78 Å².